The molecule has 3 aliphatic rings. The van der Waals surface area contributed by atoms with Gasteiger partial charge in [0.2, 0.25) is 11.8 Å². The summed E-state index contributed by atoms with van der Waals surface area (Å²) < 4.78 is 11.3. The number of nitrogens with one attached hydrogen (secondary N) is 1. The third-order valence-electron chi connectivity index (χ3n) is 11.8. The van der Waals surface area contributed by atoms with Gasteiger partial charge in [0, 0.05) is 36.7 Å². The number of hydrogen-bond acceptors (Lipinski definition) is 9. The van der Waals surface area contributed by atoms with E-state index in [2.05, 4.69) is 5.32 Å². The van der Waals surface area contributed by atoms with Crippen LogP contribution in [-0.2, 0) is 45.9 Å². The molecule has 310 valence electrons. The second-order valence-corrected chi connectivity index (χ2v) is 15.5. The van der Waals surface area contributed by atoms with Crippen LogP contribution in [0.25, 0.3) is 0 Å². The van der Waals surface area contributed by atoms with Crippen LogP contribution in [0.1, 0.15) is 60.9 Å². The first-order chi connectivity index (χ1) is 28.6. The highest BCUT2D eigenvalue weighted by molar-refractivity contribution is 6.08. The minimum atomic E-state index is -1.96. The quantitative estimate of drug-likeness (QED) is 0.0874. The van der Waals surface area contributed by atoms with E-state index in [1.807, 2.05) is 73.7 Å². The van der Waals surface area contributed by atoms with E-state index in [1.165, 1.54) is 7.11 Å². The molecule has 4 atom stereocenters. The summed E-state index contributed by atoms with van der Waals surface area (Å²) in [5, 5.41) is 35.2. The van der Waals surface area contributed by atoms with Crippen LogP contribution in [0.5, 0.6) is 11.5 Å². The molecule has 3 amide bonds. The number of ether oxygens (including phenoxy) is 2. The van der Waals surface area contributed by atoms with Crippen LogP contribution in [0.3, 0.4) is 0 Å². The molecule has 12 nitrogen and oxygen atoms in total. The average molecular weight is 803 g/mol. The van der Waals surface area contributed by atoms with E-state index in [1.54, 1.807) is 52.0 Å². The topological polar surface area (TPSA) is 152 Å². The summed E-state index contributed by atoms with van der Waals surface area (Å²) in [5.41, 5.74) is 4.25. The van der Waals surface area contributed by atoms with E-state index in [0.717, 1.165) is 40.1 Å². The summed E-state index contributed by atoms with van der Waals surface area (Å²) in [6.07, 6.45) is 5.88. The lowest BCUT2D eigenvalue weighted by Gasteiger charge is -2.36. The fourth-order valence-corrected chi connectivity index (χ4v) is 8.58. The normalized spacial score (nSPS) is 20.4. The van der Waals surface area contributed by atoms with Gasteiger partial charge in [-0.15, -0.1) is 0 Å². The number of anilines is 3. The molecule has 0 bridgehead atoms. The maximum atomic E-state index is 14.5. The van der Waals surface area contributed by atoms with E-state index >= 15 is 0 Å². The van der Waals surface area contributed by atoms with Gasteiger partial charge in [0.15, 0.2) is 5.60 Å². The number of aliphatic hydroxyl groups is 3. The molecule has 0 saturated carbocycles. The fraction of sp³-hybridized carbons (Fsp3) is 0.383. The van der Waals surface area contributed by atoms with Crippen LogP contribution < -0.4 is 24.6 Å². The summed E-state index contributed by atoms with van der Waals surface area (Å²) >= 11 is 0. The first-order valence-electron chi connectivity index (χ1n) is 20.5. The Hall–Kier alpha value is -5.53. The molecule has 0 radical (unpaired) electrons. The Morgan fingerprint density at radius 2 is 1.71 bits per heavy atom. The van der Waals surface area contributed by atoms with Gasteiger partial charge in [-0.3, -0.25) is 19.3 Å². The second-order valence-electron chi connectivity index (χ2n) is 15.5. The van der Waals surface area contributed by atoms with Crippen molar-refractivity contribution >= 4 is 34.8 Å². The molecule has 1 unspecified atom stereocenters. The van der Waals surface area contributed by atoms with Crippen LogP contribution in [0.2, 0.25) is 0 Å². The number of benzene rings is 4. The van der Waals surface area contributed by atoms with Crippen LogP contribution in [-0.4, -0.2) is 83.5 Å². The van der Waals surface area contributed by atoms with Crippen molar-refractivity contribution in [3.05, 3.63) is 125 Å². The van der Waals surface area contributed by atoms with Gasteiger partial charge in [-0.05, 0) is 110 Å². The smallest absolute Gasteiger partial charge is 0.264 e. The first kappa shape index (κ1) is 41.6. The molecule has 0 aliphatic carbocycles. The van der Waals surface area contributed by atoms with Gasteiger partial charge >= 0.3 is 0 Å². The summed E-state index contributed by atoms with van der Waals surface area (Å²) in [4.78, 5) is 47.2. The molecule has 0 aromatic heterocycles. The monoisotopic (exact) mass is 802 g/mol. The maximum Gasteiger partial charge on any atom is 0.264 e. The Bertz CT molecular complexity index is 2210. The van der Waals surface area contributed by atoms with Crippen molar-refractivity contribution in [3.8, 4) is 11.5 Å². The summed E-state index contributed by atoms with van der Waals surface area (Å²) in [6.45, 7) is 5.25. The Balaban J connectivity index is 1.13. The third-order valence-corrected chi connectivity index (χ3v) is 11.8. The molecule has 59 heavy (non-hydrogen) atoms. The predicted molar refractivity (Wildman–Crippen MR) is 226 cm³/mol. The molecular formula is C47H54N4O8. The molecule has 7 rings (SSSR count). The van der Waals surface area contributed by atoms with E-state index < -0.39 is 23.5 Å². The van der Waals surface area contributed by atoms with Gasteiger partial charge in [0.25, 0.3) is 5.91 Å². The minimum absolute atomic E-state index is 0.0408. The Labute approximate surface area is 345 Å². The zero-order chi connectivity index (χ0) is 41.7. The Kier molecular flexibility index (Phi) is 12.8. The average Bonchev–Trinajstić information content (AvgIpc) is 3.46. The van der Waals surface area contributed by atoms with Crippen LogP contribution in [0.15, 0.2) is 97.1 Å². The standard InChI is InChI=1S/C47H54N4O8/c1-4-59-39-18-19-42-35(25-39)26-41(48-21-7-8-22-52)45(55)51(42)36-15-10-12-32(23-36)28-50-43-20-17-38(58-3)27-40(43)47(57,46(50)56)31(2)11-9-16-44(54)49-29-34-14-6-5-13-33(34)24-37(49)30-53/h5-6,9-15,17-20,23,25,27,31,37,41,48,52-53,57H,4,7-8,16,21-22,24,26,28-30H2,1-3H3/b11-9+/t31-,37-,41?,47+/m0/s1. The molecule has 0 fully saturated rings. The van der Waals surface area contributed by atoms with Gasteiger partial charge in [0.1, 0.15) is 11.5 Å². The second kappa shape index (κ2) is 18.2. The van der Waals surface area contributed by atoms with Gasteiger partial charge < -0.3 is 39.9 Å². The fourth-order valence-electron chi connectivity index (χ4n) is 8.58. The summed E-state index contributed by atoms with van der Waals surface area (Å²) in [6, 6.07) is 25.6. The number of fused-ring (bicyclic) bond motifs is 3. The molecule has 0 spiro atoms. The zero-order valence-corrected chi connectivity index (χ0v) is 34.0. The minimum Gasteiger partial charge on any atom is -0.497 e. The number of aliphatic hydroxyl groups excluding tert-OH is 2. The number of methoxy groups -OCH3 is 1. The largest absolute Gasteiger partial charge is 0.497 e. The third kappa shape index (κ3) is 8.36. The summed E-state index contributed by atoms with van der Waals surface area (Å²) in [5.74, 6) is -0.293. The van der Waals surface area contributed by atoms with E-state index in [9.17, 15) is 29.7 Å². The lowest BCUT2D eigenvalue weighted by atomic mass is 9.82. The number of rotatable bonds is 16. The Morgan fingerprint density at radius 3 is 2.47 bits per heavy atom. The van der Waals surface area contributed by atoms with E-state index in [-0.39, 0.29) is 44.0 Å². The molecule has 12 heteroatoms. The molecule has 0 saturated heterocycles. The Morgan fingerprint density at radius 1 is 0.932 bits per heavy atom. The zero-order valence-electron chi connectivity index (χ0n) is 34.0. The number of hydrogen-bond donors (Lipinski definition) is 4. The van der Waals surface area contributed by atoms with Crippen molar-refractivity contribution in [2.45, 2.75) is 76.7 Å². The van der Waals surface area contributed by atoms with Crippen molar-refractivity contribution in [2.75, 3.05) is 43.3 Å². The number of carbonyl (C=O) groups is 3. The SMILES string of the molecule is CCOc1ccc2c(c1)CC(NCCCCO)C(=O)N2c1cccc(CN2C(=O)[C@@](O)([C@@H](C)/C=C/CC(=O)N3Cc4ccccc4C[C@H]3CO)c3cc(OC)ccc32)c1. The van der Waals surface area contributed by atoms with Crippen molar-refractivity contribution in [1.29, 1.82) is 0 Å². The number of nitrogens with zero attached hydrogens (tertiary/aromatic N) is 3. The lowest BCUT2D eigenvalue weighted by Crippen LogP contribution is -2.49. The van der Waals surface area contributed by atoms with Crippen LogP contribution in [0, 0.1) is 5.92 Å². The number of carbonyl (C=O) groups excluding carboxylic acids is 3. The van der Waals surface area contributed by atoms with Gasteiger partial charge in [-0.25, -0.2) is 0 Å². The number of unbranched alkanes of at least 4 members (excludes halogenated alkanes) is 1. The molecule has 3 heterocycles. The predicted octanol–water partition coefficient (Wildman–Crippen LogP) is 5.31. The van der Waals surface area contributed by atoms with Crippen molar-refractivity contribution in [2.24, 2.45) is 5.92 Å². The van der Waals surface area contributed by atoms with Crippen molar-refractivity contribution in [3.63, 3.8) is 0 Å². The molecular weight excluding hydrogens is 749 g/mol. The van der Waals surface area contributed by atoms with Gasteiger partial charge in [-0.1, -0.05) is 55.5 Å². The summed E-state index contributed by atoms with van der Waals surface area (Å²) in [7, 11) is 1.53. The van der Waals surface area contributed by atoms with Gasteiger partial charge in [-0.2, -0.15) is 0 Å². The van der Waals surface area contributed by atoms with Gasteiger partial charge in [0.05, 0.1) is 50.3 Å². The van der Waals surface area contributed by atoms with Crippen molar-refractivity contribution < 1.29 is 39.2 Å². The first-order valence-corrected chi connectivity index (χ1v) is 20.5. The molecule has 4 N–H and O–H groups in total. The number of amides is 3. The van der Waals surface area contributed by atoms with Crippen LogP contribution in [0.4, 0.5) is 17.1 Å². The molecule has 4 aromatic rings. The van der Waals surface area contributed by atoms with E-state index in [0.29, 0.717) is 61.6 Å². The molecule has 3 aliphatic heterocycles. The van der Waals surface area contributed by atoms with E-state index in [4.69, 9.17) is 9.47 Å². The lowest BCUT2D eigenvalue weighted by molar-refractivity contribution is -0.139. The maximum absolute atomic E-state index is 14.5. The highest BCUT2D eigenvalue weighted by Gasteiger charge is 2.53. The molecule has 4 aromatic carbocycles. The highest BCUT2D eigenvalue weighted by atomic mass is 16.5. The van der Waals surface area contributed by atoms with Crippen LogP contribution >= 0.6 is 0 Å². The van der Waals surface area contributed by atoms with Crippen molar-refractivity contribution in [1.82, 2.24) is 10.2 Å². The highest BCUT2D eigenvalue weighted by Crippen LogP contribution is 2.47.